The van der Waals surface area contributed by atoms with Crippen molar-refractivity contribution in [1.29, 1.82) is 0 Å². The van der Waals surface area contributed by atoms with E-state index in [0.717, 1.165) is 19.5 Å². The summed E-state index contributed by atoms with van der Waals surface area (Å²) in [6.45, 7) is 8.87. The van der Waals surface area contributed by atoms with Gasteiger partial charge in [0.1, 0.15) is 0 Å². The molecule has 0 aliphatic heterocycles. The zero-order valence-electron chi connectivity index (χ0n) is 12.1. The average molecular weight is 249 g/mol. The van der Waals surface area contributed by atoms with Gasteiger partial charge in [-0.25, -0.2) is 0 Å². The van der Waals surface area contributed by atoms with Gasteiger partial charge in [0.05, 0.1) is 11.7 Å². The van der Waals surface area contributed by atoms with Crippen molar-refractivity contribution in [1.82, 2.24) is 15.1 Å². The summed E-state index contributed by atoms with van der Waals surface area (Å²) in [6, 6.07) is 2.86. The SMILES string of the molecule is CCNCC(C)(C)Cc1ccn(C2CCCC2)n1. The van der Waals surface area contributed by atoms with Crippen LogP contribution in [0.5, 0.6) is 0 Å². The zero-order chi connectivity index (χ0) is 13.0. The first-order chi connectivity index (χ1) is 8.61. The van der Waals surface area contributed by atoms with Crippen LogP contribution in [0.25, 0.3) is 0 Å². The van der Waals surface area contributed by atoms with Gasteiger partial charge in [0.25, 0.3) is 0 Å². The summed E-state index contributed by atoms with van der Waals surface area (Å²) in [4.78, 5) is 0. The monoisotopic (exact) mass is 249 g/mol. The molecule has 1 aliphatic carbocycles. The van der Waals surface area contributed by atoms with Crippen LogP contribution in [0, 0.1) is 5.41 Å². The molecular formula is C15H27N3. The van der Waals surface area contributed by atoms with Crippen LogP contribution in [-0.4, -0.2) is 22.9 Å². The van der Waals surface area contributed by atoms with Crippen molar-refractivity contribution in [2.45, 2.75) is 58.9 Å². The minimum Gasteiger partial charge on any atom is -0.316 e. The molecular weight excluding hydrogens is 222 g/mol. The van der Waals surface area contributed by atoms with Crippen LogP contribution < -0.4 is 5.32 Å². The van der Waals surface area contributed by atoms with Gasteiger partial charge in [-0.05, 0) is 37.3 Å². The highest BCUT2D eigenvalue weighted by Crippen LogP contribution is 2.29. The Labute approximate surface area is 111 Å². The first-order valence-corrected chi connectivity index (χ1v) is 7.35. The molecule has 0 saturated heterocycles. The van der Waals surface area contributed by atoms with E-state index < -0.39 is 0 Å². The number of aromatic nitrogens is 2. The fourth-order valence-corrected chi connectivity index (χ4v) is 2.86. The number of rotatable bonds is 6. The van der Waals surface area contributed by atoms with Crippen molar-refractivity contribution < 1.29 is 0 Å². The molecule has 0 atom stereocenters. The summed E-state index contributed by atoms with van der Waals surface area (Å²) in [7, 11) is 0. The van der Waals surface area contributed by atoms with Crippen LogP contribution >= 0.6 is 0 Å². The molecule has 0 bridgehead atoms. The summed E-state index contributed by atoms with van der Waals surface area (Å²) >= 11 is 0. The second-order valence-corrected chi connectivity index (χ2v) is 6.35. The van der Waals surface area contributed by atoms with Crippen molar-refractivity contribution >= 4 is 0 Å². The van der Waals surface area contributed by atoms with E-state index in [1.807, 2.05) is 0 Å². The van der Waals surface area contributed by atoms with E-state index in [1.54, 1.807) is 0 Å². The first-order valence-electron chi connectivity index (χ1n) is 7.35. The van der Waals surface area contributed by atoms with Crippen molar-refractivity contribution in [3.05, 3.63) is 18.0 Å². The van der Waals surface area contributed by atoms with Crippen LogP contribution in [0.15, 0.2) is 12.3 Å². The van der Waals surface area contributed by atoms with Gasteiger partial charge < -0.3 is 5.32 Å². The van der Waals surface area contributed by atoms with Gasteiger partial charge in [-0.1, -0.05) is 33.6 Å². The molecule has 0 aromatic carbocycles. The molecule has 0 amide bonds. The molecule has 1 N–H and O–H groups in total. The maximum Gasteiger partial charge on any atom is 0.0630 e. The molecule has 0 unspecified atom stereocenters. The Hall–Kier alpha value is -0.830. The van der Waals surface area contributed by atoms with Crippen LogP contribution in [0.1, 0.15) is 58.2 Å². The Balaban J connectivity index is 1.93. The van der Waals surface area contributed by atoms with Crippen molar-refractivity contribution in [3.63, 3.8) is 0 Å². The molecule has 1 saturated carbocycles. The lowest BCUT2D eigenvalue weighted by Crippen LogP contribution is -2.31. The summed E-state index contributed by atoms with van der Waals surface area (Å²) < 4.78 is 2.20. The molecule has 2 rings (SSSR count). The van der Waals surface area contributed by atoms with E-state index in [0.29, 0.717) is 6.04 Å². The minimum absolute atomic E-state index is 0.283. The number of nitrogens with one attached hydrogen (secondary N) is 1. The van der Waals surface area contributed by atoms with Gasteiger partial charge in [-0.3, -0.25) is 4.68 Å². The third-order valence-electron chi connectivity index (χ3n) is 3.88. The van der Waals surface area contributed by atoms with E-state index in [1.165, 1.54) is 31.4 Å². The summed E-state index contributed by atoms with van der Waals surface area (Å²) in [5.41, 5.74) is 1.52. The molecule has 1 fully saturated rings. The molecule has 3 nitrogen and oxygen atoms in total. The fraction of sp³-hybridized carbons (Fsp3) is 0.800. The Morgan fingerprint density at radius 1 is 1.39 bits per heavy atom. The quantitative estimate of drug-likeness (QED) is 0.839. The lowest BCUT2D eigenvalue weighted by Gasteiger charge is -2.23. The van der Waals surface area contributed by atoms with E-state index in [4.69, 9.17) is 5.10 Å². The molecule has 18 heavy (non-hydrogen) atoms. The Morgan fingerprint density at radius 2 is 2.11 bits per heavy atom. The largest absolute Gasteiger partial charge is 0.316 e. The van der Waals surface area contributed by atoms with Crippen LogP contribution in [0.2, 0.25) is 0 Å². The summed E-state index contributed by atoms with van der Waals surface area (Å²) in [5.74, 6) is 0. The highest BCUT2D eigenvalue weighted by Gasteiger charge is 2.21. The van der Waals surface area contributed by atoms with Crippen LogP contribution in [-0.2, 0) is 6.42 Å². The van der Waals surface area contributed by atoms with Gasteiger partial charge in [-0.15, -0.1) is 0 Å². The maximum absolute atomic E-state index is 4.77. The molecule has 1 aromatic rings. The third-order valence-corrected chi connectivity index (χ3v) is 3.88. The second-order valence-electron chi connectivity index (χ2n) is 6.35. The number of hydrogen-bond donors (Lipinski definition) is 1. The molecule has 1 heterocycles. The fourth-order valence-electron chi connectivity index (χ4n) is 2.86. The van der Waals surface area contributed by atoms with E-state index in [-0.39, 0.29) is 5.41 Å². The molecule has 102 valence electrons. The van der Waals surface area contributed by atoms with E-state index in [2.05, 4.69) is 43.0 Å². The summed E-state index contributed by atoms with van der Waals surface area (Å²) in [5, 5.41) is 8.21. The first kappa shape index (κ1) is 13.6. The van der Waals surface area contributed by atoms with Gasteiger partial charge in [0, 0.05) is 12.7 Å². The standard InChI is InChI=1S/C15H27N3/c1-4-16-12-15(2,3)11-13-9-10-18(17-13)14-7-5-6-8-14/h9-10,14,16H,4-8,11-12H2,1-3H3. The van der Waals surface area contributed by atoms with Gasteiger partial charge >= 0.3 is 0 Å². The predicted octanol–water partition coefficient (Wildman–Crippen LogP) is 3.18. The highest BCUT2D eigenvalue weighted by molar-refractivity contribution is 5.03. The maximum atomic E-state index is 4.77. The smallest absolute Gasteiger partial charge is 0.0630 e. The Kier molecular flexibility index (Phi) is 4.44. The number of hydrogen-bond acceptors (Lipinski definition) is 2. The molecule has 3 heteroatoms. The number of nitrogens with zero attached hydrogens (tertiary/aromatic N) is 2. The predicted molar refractivity (Wildman–Crippen MR) is 75.8 cm³/mol. The van der Waals surface area contributed by atoms with Crippen molar-refractivity contribution in [3.8, 4) is 0 Å². The molecule has 0 spiro atoms. The average Bonchev–Trinajstić information content (AvgIpc) is 2.95. The second kappa shape index (κ2) is 5.87. The van der Waals surface area contributed by atoms with E-state index in [9.17, 15) is 0 Å². The Morgan fingerprint density at radius 3 is 2.78 bits per heavy atom. The molecule has 0 radical (unpaired) electrons. The van der Waals surface area contributed by atoms with E-state index >= 15 is 0 Å². The molecule has 1 aromatic heterocycles. The van der Waals surface area contributed by atoms with Crippen LogP contribution in [0.4, 0.5) is 0 Å². The lowest BCUT2D eigenvalue weighted by atomic mass is 9.88. The van der Waals surface area contributed by atoms with Gasteiger partial charge in [0.2, 0.25) is 0 Å². The zero-order valence-corrected chi connectivity index (χ0v) is 12.1. The Bertz CT molecular complexity index is 362. The van der Waals surface area contributed by atoms with Crippen molar-refractivity contribution in [2.24, 2.45) is 5.41 Å². The molecule has 1 aliphatic rings. The summed E-state index contributed by atoms with van der Waals surface area (Å²) in [6.07, 6.45) is 8.58. The highest BCUT2D eigenvalue weighted by atomic mass is 15.3. The minimum atomic E-state index is 0.283. The normalized spacial score (nSPS) is 17.5. The lowest BCUT2D eigenvalue weighted by molar-refractivity contribution is 0.335. The van der Waals surface area contributed by atoms with Crippen molar-refractivity contribution in [2.75, 3.05) is 13.1 Å². The van der Waals surface area contributed by atoms with Gasteiger partial charge in [-0.2, -0.15) is 5.10 Å². The van der Waals surface area contributed by atoms with Crippen LogP contribution in [0.3, 0.4) is 0 Å². The van der Waals surface area contributed by atoms with Gasteiger partial charge in [0.15, 0.2) is 0 Å². The topological polar surface area (TPSA) is 29.9 Å². The third kappa shape index (κ3) is 3.58.